The second-order valence-corrected chi connectivity index (χ2v) is 15.9. The molecule has 0 amide bonds. The minimum Gasteiger partial charge on any atom is -0.0622 e. The normalized spacial score (nSPS) is 13.2. The molecule has 55 heavy (non-hydrogen) atoms. The van der Waals surface area contributed by atoms with Crippen LogP contribution >= 0.6 is 0 Å². The van der Waals surface area contributed by atoms with Gasteiger partial charge in [0, 0.05) is 0 Å². The lowest BCUT2D eigenvalue weighted by Crippen LogP contribution is -1.96. The molecule has 9 aromatic carbocycles. The van der Waals surface area contributed by atoms with Crippen molar-refractivity contribution >= 4 is 43.1 Å². The Labute approximate surface area is 333 Å². The zero-order valence-corrected chi connectivity index (χ0v) is 32.4. The average molecular weight is 714 g/mol. The third-order valence-electron chi connectivity index (χ3n) is 11.4. The molecule has 0 spiro atoms. The van der Waals surface area contributed by atoms with E-state index >= 15 is 0 Å². The fourth-order valence-corrected chi connectivity index (χ4v) is 8.37. The number of fused-ring (bicyclic) bond motifs is 5. The van der Waals surface area contributed by atoms with Crippen molar-refractivity contribution in [2.24, 2.45) is 0 Å². The lowest BCUT2D eigenvalue weighted by Gasteiger charge is -2.22. The van der Waals surface area contributed by atoms with Crippen LogP contribution in [0.1, 0.15) is 82.8 Å². The van der Waals surface area contributed by atoms with E-state index in [2.05, 4.69) is 175 Å². The molecule has 0 fully saturated rings. The largest absolute Gasteiger partial charge is 0.0629 e. The molecule has 0 aromatic heterocycles. The Morgan fingerprint density at radius 3 is 1.56 bits per heavy atom. The summed E-state index contributed by atoms with van der Waals surface area (Å²) in [5.74, 6) is 0.813. The Kier molecular flexibility index (Phi) is 7.49. The standard InChI is InChI=1S/C55H48/c1-34(2)39-22-26-50-52(31-39)54(38-17-11-8-12-18-38)49-25-21-40(35(3)4)32-53(49)55(50)51-33-45-27-41(23-24-46(45)47-19-13-14-20-48(47)51)44-29-42(36(5)6)28-43(30-44)37-15-9-7-10-16-37/h7-36H,1-6H3/i8D,11D,12D,17D,18D. The van der Waals surface area contributed by atoms with Gasteiger partial charge in [0.2, 0.25) is 0 Å². The number of rotatable bonds is 7. The van der Waals surface area contributed by atoms with E-state index in [1.165, 1.54) is 33.2 Å². The first kappa shape index (κ1) is 29.4. The molecule has 0 atom stereocenters. The molecule has 9 rings (SSSR count). The number of hydrogen-bond acceptors (Lipinski definition) is 0. The van der Waals surface area contributed by atoms with Crippen LogP contribution < -0.4 is 0 Å². The molecular weight excluding hydrogens is 661 g/mol. The van der Waals surface area contributed by atoms with E-state index in [0.717, 1.165) is 60.0 Å². The molecule has 9 aromatic rings. The SMILES string of the molecule is [2H]c1c([2H])c([2H])c(-c2c3cc(C(C)C)ccc3c(-c3cc4cc(-c5cc(-c6ccccc6)cc(C(C)C)c5)ccc4c4ccccc34)c3cc(C(C)C)ccc23)c([2H])c1[2H]. The average Bonchev–Trinajstić information content (AvgIpc) is 3.26. The fraction of sp³-hybridized carbons (Fsp3) is 0.164. The molecule has 0 N–H and O–H groups in total. The molecule has 0 heteroatoms. The van der Waals surface area contributed by atoms with Crippen molar-refractivity contribution in [1.29, 1.82) is 0 Å². The predicted octanol–water partition coefficient (Wildman–Crippen LogP) is 16.3. The van der Waals surface area contributed by atoms with Crippen LogP contribution in [-0.2, 0) is 0 Å². The summed E-state index contributed by atoms with van der Waals surface area (Å²) in [6.07, 6.45) is 0. The number of benzene rings is 9. The second kappa shape index (κ2) is 14.0. The molecule has 0 radical (unpaired) electrons. The molecule has 0 heterocycles. The maximum absolute atomic E-state index is 9.21. The predicted molar refractivity (Wildman–Crippen MR) is 240 cm³/mol. The van der Waals surface area contributed by atoms with Gasteiger partial charge in [-0.2, -0.15) is 0 Å². The first-order valence-corrected chi connectivity index (χ1v) is 19.6. The van der Waals surface area contributed by atoms with Crippen molar-refractivity contribution in [1.82, 2.24) is 0 Å². The Morgan fingerprint density at radius 1 is 0.345 bits per heavy atom. The van der Waals surface area contributed by atoms with Gasteiger partial charge in [-0.05, 0) is 140 Å². The van der Waals surface area contributed by atoms with Gasteiger partial charge in [-0.3, -0.25) is 0 Å². The monoisotopic (exact) mass is 713 g/mol. The van der Waals surface area contributed by atoms with E-state index in [1.54, 1.807) is 0 Å². The van der Waals surface area contributed by atoms with Crippen molar-refractivity contribution in [3.8, 4) is 44.5 Å². The summed E-state index contributed by atoms with van der Waals surface area (Å²) in [6.45, 7) is 13.2. The van der Waals surface area contributed by atoms with Crippen LogP contribution in [0.4, 0.5) is 0 Å². The van der Waals surface area contributed by atoms with Crippen molar-refractivity contribution < 1.29 is 6.85 Å². The highest BCUT2D eigenvalue weighted by atomic mass is 14.2. The van der Waals surface area contributed by atoms with Crippen molar-refractivity contribution in [2.75, 3.05) is 0 Å². The topological polar surface area (TPSA) is 0 Å². The highest BCUT2D eigenvalue weighted by Crippen LogP contribution is 2.48. The molecule has 0 unspecified atom stereocenters. The van der Waals surface area contributed by atoms with Gasteiger partial charge in [-0.25, -0.2) is 0 Å². The molecule has 0 aliphatic heterocycles. The Hall–Kier alpha value is -5.98. The van der Waals surface area contributed by atoms with Crippen molar-refractivity contribution in [2.45, 2.75) is 59.3 Å². The zero-order chi connectivity index (χ0) is 42.1. The van der Waals surface area contributed by atoms with Crippen LogP contribution in [-0.4, -0.2) is 0 Å². The molecule has 0 saturated carbocycles. The van der Waals surface area contributed by atoms with Gasteiger partial charge in [0.15, 0.2) is 0 Å². The van der Waals surface area contributed by atoms with Gasteiger partial charge >= 0.3 is 0 Å². The first-order valence-electron chi connectivity index (χ1n) is 22.1. The molecule has 0 aliphatic carbocycles. The molecule has 0 bridgehead atoms. The third-order valence-corrected chi connectivity index (χ3v) is 11.4. The van der Waals surface area contributed by atoms with Gasteiger partial charge in [-0.1, -0.05) is 187 Å². The summed E-state index contributed by atoms with van der Waals surface area (Å²) >= 11 is 0. The van der Waals surface area contributed by atoms with Gasteiger partial charge in [0.25, 0.3) is 0 Å². The van der Waals surface area contributed by atoms with Gasteiger partial charge in [0.1, 0.15) is 0 Å². The Bertz CT molecular complexity index is 3150. The summed E-state index contributed by atoms with van der Waals surface area (Å²) < 4.78 is 44.3. The molecule has 0 nitrogen and oxygen atoms in total. The summed E-state index contributed by atoms with van der Waals surface area (Å²) in [7, 11) is 0. The summed E-state index contributed by atoms with van der Waals surface area (Å²) in [5, 5.41) is 8.30. The van der Waals surface area contributed by atoms with Crippen LogP contribution in [0.5, 0.6) is 0 Å². The van der Waals surface area contributed by atoms with Gasteiger partial charge in [0.05, 0.1) is 6.85 Å². The lowest BCUT2D eigenvalue weighted by molar-refractivity contribution is 0.867. The second-order valence-electron chi connectivity index (χ2n) is 15.9. The first-order chi connectivity index (χ1) is 28.8. The van der Waals surface area contributed by atoms with E-state index in [9.17, 15) is 2.74 Å². The van der Waals surface area contributed by atoms with E-state index in [4.69, 9.17) is 4.11 Å². The summed E-state index contributed by atoms with van der Waals surface area (Å²) in [5.41, 5.74) is 11.4. The highest BCUT2D eigenvalue weighted by Gasteiger charge is 2.21. The zero-order valence-electron chi connectivity index (χ0n) is 37.4. The molecule has 0 saturated heterocycles. The minimum atomic E-state index is -0.391. The summed E-state index contributed by atoms with van der Waals surface area (Å²) in [4.78, 5) is 0. The van der Waals surface area contributed by atoms with Crippen LogP contribution in [0.3, 0.4) is 0 Å². The highest BCUT2D eigenvalue weighted by molar-refractivity contribution is 6.26. The number of hydrogen-bond donors (Lipinski definition) is 0. The minimum absolute atomic E-state index is 0.195. The quantitative estimate of drug-likeness (QED) is 0.114. The van der Waals surface area contributed by atoms with Crippen LogP contribution in [0.25, 0.3) is 87.6 Å². The Morgan fingerprint density at radius 2 is 0.909 bits per heavy atom. The van der Waals surface area contributed by atoms with Crippen LogP contribution in [0.15, 0.2) is 164 Å². The van der Waals surface area contributed by atoms with E-state index in [1.807, 2.05) is 0 Å². The molecule has 268 valence electrons. The van der Waals surface area contributed by atoms with E-state index in [-0.39, 0.29) is 41.6 Å². The Balaban J connectivity index is 1.41. The lowest BCUT2D eigenvalue weighted by atomic mass is 9.81. The van der Waals surface area contributed by atoms with Gasteiger partial charge < -0.3 is 0 Å². The molecule has 0 aliphatic rings. The van der Waals surface area contributed by atoms with Gasteiger partial charge in [-0.15, -0.1) is 0 Å². The fourth-order valence-electron chi connectivity index (χ4n) is 8.37. The van der Waals surface area contributed by atoms with Crippen LogP contribution in [0.2, 0.25) is 0 Å². The summed E-state index contributed by atoms with van der Waals surface area (Å²) in [6, 6.07) is 47.0. The maximum atomic E-state index is 9.21. The van der Waals surface area contributed by atoms with E-state index in [0.29, 0.717) is 11.5 Å². The molecular formula is C55H48. The smallest absolute Gasteiger partial charge is 0.0622 e. The van der Waals surface area contributed by atoms with Crippen LogP contribution in [0, 0.1) is 0 Å². The van der Waals surface area contributed by atoms with E-state index < -0.39 is 6.04 Å². The van der Waals surface area contributed by atoms with Crippen molar-refractivity contribution in [3.05, 3.63) is 180 Å². The third kappa shape index (κ3) is 6.21. The van der Waals surface area contributed by atoms with Crippen molar-refractivity contribution in [3.63, 3.8) is 0 Å². The maximum Gasteiger partial charge on any atom is 0.0629 e.